The van der Waals surface area contributed by atoms with Crippen LogP contribution in [0.5, 0.6) is 0 Å². The predicted molar refractivity (Wildman–Crippen MR) is 49.6 cm³/mol. The monoisotopic (exact) mass is 406 g/mol. The van der Waals surface area contributed by atoms with Gasteiger partial charge in [0.1, 0.15) is 0 Å². The summed E-state index contributed by atoms with van der Waals surface area (Å²) in [5.41, 5.74) is 0. The van der Waals surface area contributed by atoms with Gasteiger partial charge in [-0.15, -0.1) is 0 Å². The van der Waals surface area contributed by atoms with E-state index in [4.69, 9.17) is 60.3 Å². The van der Waals surface area contributed by atoms with Crippen LogP contribution in [0.25, 0.3) is 0 Å². The van der Waals surface area contributed by atoms with E-state index in [1.165, 1.54) is 0 Å². The molecule has 0 fully saturated rings. The van der Waals surface area contributed by atoms with E-state index < -0.39 is 29.3 Å². The van der Waals surface area contributed by atoms with Gasteiger partial charge in [-0.25, -0.2) is 0 Å². The van der Waals surface area contributed by atoms with Crippen molar-refractivity contribution in [2.45, 2.75) is 0 Å². The Morgan fingerprint density at radius 3 is 0.294 bits per heavy atom. The molecule has 0 aromatic carbocycles. The minimum atomic E-state index is -2.17. The molecule has 0 amide bonds. The van der Waals surface area contributed by atoms with Crippen molar-refractivity contribution in [3.05, 3.63) is 0 Å². The Morgan fingerprint density at radius 1 is 0.294 bits per heavy atom. The van der Waals surface area contributed by atoms with Crippen molar-refractivity contribution in [2.75, 3.05) is 0 Å². The molecule has 0 atom stereocenters. The Bertz CT molecular complexity index is 61.5. The van der Waals surface area contributed by atoms with E-state index in [1.807, 2.05) is 0 Å². The van der Waals surface area contributed by atoms with E-state index in [0.29, 0.717) is 0 Å². The smallest absolute Gasteiger partial charge is 0.402 e. The zero-order chi connectivity index (χ0) is 14.3. The van der Waals surface area contributed by atoms with Gasteiger partial charge >= 0.3 is 29.3 Å². The minimum Gasteiger partial charge on any atom is -0.402 e. The van der Waals surface area contributed by atoms with Gasteiger partial charge in [0.25, 0.3) is 0 Å². The summed E-state index contributed by atoms with van der Waals surface area (Å²) in [6, 6.07) is 0. The maximum absolute atomic E-state index is 7.17. The molecule has 0 aliphatic carbocycles. The topological polar surface area (TPSA) is 243 Å². The summed E-state index contributed by atoms with van der Waals surface area (Å²) < 4.78 is 0. The van der Waals surface area contributed by atoms with Crippen molar-refractivity contribution in [2.24, 2.45) is 0 Å². The molecule has 0 radical (unpaired) electrons. The molecule has 0 aliphatic rings. The van der Waals surface area contributed by atoms with Crippen LogP contribution in [0.2, 0.25) is 0 Å². The predicted octanol–water partition coefficient (Wildman–Crippen LogP) is -8.21. The van der Waals surface area contributed by atoms with Gasteiger partial charge in [0.15, 0.2) is 0 Å². The molecular formula is H12B4GdO12. The Balaban J connectivity index is -0.0000000369. The molecule has 17 heteroatoms. The van der Waals surface area contributed by atoms with E-state index in [0.717, 1.165) is 0 Å². The summed E-state index contributed by atoms with van der Waals surface area (Å²) in [6.45, 7) is 0. The molecule has 0 saturated heterocycles. The summed E-state index contributed by atoms with van der Waals surface area (Å²) >= 11 is 0. The molecule has 0 aliphatic heterocycles. The molecule has 17 heavy (non-hydrogen) atoms. The van der Waals surface area contributed by atoms with Crippen molar-refractivity contribution in [1.29, 1.82) is 0 Å². The first-order chi connectivity index (χ1) is 6.93. The van der Waals surface area contributed by atoms with Crippen LogP contribution in [-0.2, 0) is 0 Å². The third kappa shape index (κ3) is 3200. The molecule has 104 valence electrons. The van der Waals surface area contributed by atoms with Crippen LogP contribution in [0.4, 0.5) is 0 Å². The van der Waals surface area contributed by atoms with E-state index in [9.17, 15) is 0 Å². The Hall–Kier alpha value is 1.10. The SMILES string of the molecule is OB(O)O.OB(O)O.OB(O)O.OB(O)O.[Gd]. The average molecular weight is 405 g/mol. The molecule has 0 unspecified atom stereocenters. The fraction of sp³-hybridized carbons (Fsp3) is 0. The maximum atomic E-state index is 7.17. The van der Waals surface area contributed by atoms with Gasteiger partial charge in [-0.05, 0) is 0 Å². The van der Waals surface area contributed by atoms with E-state index in [1.54, 1.807) is 0 Å². The quantitative estimate of drug-likeness (QED) is 0.168. The summed E-state index contributed by atoms with van der Waals surface area (Å²) in [7, 11) is -8.67. The van der Waals surface area contributed by atoms with Crippen molar-refractivity contribution in [1.82, 2.24) is 0 Å². The van der Waals surface area contributed by atoms with Crippen molar-refractivity contribution < 1.29 is 100 Å². The molecule has 0 bridgehead atoms. The number of hydrogen-bond donors (Lipinski definition) is 12. The molecule has 0 aromatic rings. The zero-order valence-corrected chi connectivity index (χ0v) is 10.3. The van der Waals surface area contributed by atoms with Crippen LogP contribution in [0.3, 0.4) is 0 Å². The normalized spacial score (nSPS) is 6.35. The standard InChI is InChI=1S/4BH3O3.Gd/c4*2-1(3)4;/h4*2-4H;. The Kier molecular flexibility index (Phi) is 46.9. The van der Waals surface area contributed by atoms with Gasteiger partial charge in [-0.3, -0.25) is 0 Å². The first-order valence-corrected chi connectivity index (χ1v) is 3.10. The molecule has 12 nitrogen and oxygen atoms in total. The minimum absolute atomic E-state index is 0. The maximum Gasteiger partial charge on any atom is 0.631 e. The van der Waals surface area contributed by atoms with Gasteiger partial charge in [0.05, 0.1) is 0 Å². The van der Waals surface area contributed by atoms with E-state index >= 15 is 0 Å². The Labute approximate surface area is 129 Å². The van der Waals surface area contributed by atoms with Crippen LogP contribution < -0.4 is 0 Å². The van der Waals surface area contributed by atoms with Gasteiger partial charge in [0.2, 0.25) is 0 Å². The number of hydrogen-bond acceptors (Lipinski definition) is 12. The molecule has 0 saturated carbocycles. The molecule has 12 N–H and O–H groups in total. The van der Waals surface area contributed by atoms with Crippen LogP contribution in [0.1, 0.15) is 0 Å². The van der Waals surface area contributed by atoms with Crippen molar-refractivity contribution in [3.8, 4) is 0 Å². The van der Waals surface area contributed by atoms with Gasteiger partial charge in [-0.1, -0.05) is 0 Å². The van der Waals surface area contributed by atoms with Gasteiger partial charge in [0, 0.05) is 39.9 Å². The third-order valence-corrected chi connectivity index (χ3v) is 0. The molecule has 0 heterocycles. The second kappa shape index (κ2) is 25.8. The second-order valence-electron chi connectivity index (χ2n) is 1.39. The fourth-order valence-corrected chi connectivity index (χ4v) is 0. The van der Waals surface area contributed by atoms with Crippen LogP contribution >= 0.6 is 0 Å². The van der Waals surface area contributed by atoms with Crippen molar-refractivity contribution in [3.63, 3.8) is 0 Å². The molecule has 0 spiro atoms. The van der Waals surface area contributed by atoms with Gasteiger partial charge in [-0.2, -0.15) is 0 Å². The van der Waals surface area contributed by atoms with Crippen LogP contribution in [0, 0.1) is 39.9 Å². The molecule has 0 aromatic heterocycles. The van der Waals surface area contributed by atoms with Gasteiger partial charge < -0.3 is 60.3 Å². The first kappa shape index (κ1) is 30.8. The fourth-order valence-electron chi connectivity index (χ4n) is 0. The third-order valence-electron chi connectivity index (χ3n) is 0. The molecular weight excluding hydrogens is 392 g/mol. The number of rotatable bonds is 0. The van der Waals surface area contributed by atoms with E-state index in [-0.39, 0.29) is 39.9 Å². The van der Waals surface area contributed by atoms with Crippen LogP contribution in [0.15, 0.2) is 0 Å². The zero-order valence-electron chi connectivity index (χ0n) is 8.03. The largest absolute Gasteiger partial charge is 0.631 e. The summed E-state index contributed by atoms with van der Waals surface area (Å²) in [5, 5.41) is 86.0. The van der Waals surface area contributed by atoms with Crippen molar-refractivity contribution >= 4 is 29.3 Å². The molecule has 0 rings (SSSR count). The second-order valence-corrected chi connectivity index (χ2v) is 1.39. The summed E-state index contributed by atoms with van der Waals surface area (Å²) in [5.74, 6) is 0. The van der Waals surface area contributed by atoms with E-state index in [2.05, 4.69) is 0 Å². The van der Waals surface area contributed by atoms with Crippen LogP contribution in [-0.4, -0.2) is 89.6 Å². The summed E-state index contributed by atoms with van der Waals surface area (Å²) in [6.07, 6.45) is 0. The first-order valence-electron chi connectivity index (χ1n) is 3.10. The Morgan fingerprint density at radius 2 is 0.294 bits per heavy atom. The summed E-state index contributed by atoms with van der Waals surface area (Å²) in [4.78, 5) is 0. The average Bonchev–Trinajstić information content (AvgIpc) is 1.76.